The number of amides is 1. The molecule has 4 heteroatoms. The molecule has 18 heavy (non-hydrogen) atoms. The van der Waals surface area contributed by atoms with Gasteiger partial charge in [-0.3, -0.25) is 4.79 Å². The van der Waals surface area contributed by atoms with Gasteiger partial charge in [-0.25, -0.2) is 0 Å². The number of hydrogen-bond donors (Lipinski definition) is 3. The van der Waals surface area contributed by atoms with E-state index >= 15 is 0 Å². The molecule has 2 aromatic rings. The van der Waals surface area contributed by atoms with Crippen molar-refractivity contribution in [2.24, 2.45) is 0 Å². The average molecular weight is 258 g/mol. The zero-order chi connectivity index (χ0) is 12.8. The van der Waals surface area contributed by atoms with Gasteiger partial charge >= 0.3 is 0 Å². The third-order valence-corrected chi connectivity index (χ3v) is 2.68. The Morgan fingerprint density at radius 2 is 1.56 bits per heavy atom. The number of rotatable bonds is 4. The van der Waals surface area contributed by atoms with Crippen LogP contribution in [0.2, 0.25) is 0 Å². The van der Waals surface area contributed by atoms with Crippen molar-refractivity contribution in [3.8, 4) is 0 Å². The third kappa shape index (κ3) is 3.28. The maximum Gasteiger partial charge on any atom is 0.234 e. The van der Waals surface area contributed by atoms with Crippen LogP contribution in [0.15, 0.2) is 54.6 Å². The SMILES string of the molecule is O=C(CS)Nc1ccccc1Nc1ccccc1. The summed E-state index contributed by atoms with van der Waals surface area (Å²) in [6.45, 7) is 0. The van der Waals surface area contributed by atoms with Gasteiger partial charge in [0, 0.05) is 5.69 Å². The van der Waals surface area contributed by atoms with E-state index in [1.165, 1.54) is 0 Å². The van der Waals surface area contributed by atoms with Crippen LogP contribution >= 0.6 is 12.6 Å². The van der Waals surface area contributed by atoms with Crippen LogP contribution in [-0.4, -0.2) is 11.7 Å². The second-order valence-corrected chi connectivity index (χ2v) is 4.06. The summed E-state index contributed by atoms with van der Waals surface area (Å²) >= 11 is 3.95. The third-order valence-electron chi connectivity index (χ3n) is 2.40. The van der Waals surface area contributed by atoms with Crippen LogP contribution in [0.4, 0.5) is 17.1 Å². The van der Waals surface area contributed by atoms with Crippen LogP contribution in [-0.2, 0) is 4.79 Å². The normalized spacial score (nSPS) is 9.83. The molecule has 0 saturated heterocycles. The van der Waals surface area contributed by atoms with Gasteiger partial charge in [0.15, 0.2) is 0 Å². The molecule has 0 atom stereocenters. The molecular weight excluding hydrogens is 244 g/mol. The standard InChI is InChI=1S/C14H14N2OS/c17-14(10-18)16-13-9-5-4-8-12(13)15-11-6-2-1-3-7-11/h1-9,15,18H,10H2,(H,16,17). The minimum Gasteiger partial charge on any atom is -0.354 e. The van der Waals surface area contributed by atoms with Crippen molar-refractivity contribution in [1.82, 2.24) is 0 Å². The second-order valence-electron chi connectivity index (χ2n) is 3.74. The van der Waals surface area contributed by atoms with Gasteiger partial charge in [0.05, 0.1) is 17.1 Å². The smallest absolute Gasteiger partial charge is 0.234 e. The molecule has 0 unspecified atom stereocenters. The number of benzene rings is 2. The second kappa shape index (κ2) is 6.12. The summed E-state index contributed by atoms with van der Waals surface area (Å²) in [7, 11) is 0. The Balaban J connectivity index is 2.20. The molecule has 0 heterocycles. The number of thiol groups is 1. The molecule has 2 aromatic carbocycles. The number of hydrogen-bond acceptors (Lipinski definition) is 3. The predicted octanol–water partition coefficient (Wildman–Crippen LogP) is 3.30. The molecular formula is C14H14N2OS. The lowest BCUT2D eigenvalue weighted by Gasteiger charge is -2.12. The predicted molar refractivity (Wildman–Crippen MR) is 78.6 cm³/mol. The highest BCUT2D eigenvalue weighted by molar-refractivity contribution is 7.81. The molecule has 0 aliphatic rings. The Morgan fingerprint density at radius 1 is 0.944 bits per heavy atom. The molecule has 1 amide bonds. The van der Waals surface area contributed by atoms with Crippen LogP contribution in [0.25, 0.3) is 0 Å². The van der Waals surface area contributed by atoms with E-state index < -0.39 is 0 Å². The maximum absolute atomic E-state index is 11.4. The van der Waals surface area contributed by atoms with E-state index in [2.05, 4.69) is 23.3 Å². The fourth-order valence-electron chi connectivity index (χ4n) is 1.57. The summed E-state index contributed by atoms with van der Waals surface area (Å²) in [5.74, 6) is 0.0419. The number of nitrogens with one attached hydrogen (secondary N) is 2. The Labute approximate surface area is 112 Å². The lowest BCUT2D eigenvalue weighted by molar-refractivity contribution is -0.113. The zero-order valence-corrected chi connectivity index (χ0v) is 10.7. The first-order valence-corrected chi connectivity index (χ1v) is 6.24. The van der Waals surface area contributed by atoms with Gasteiger partial charge in [-0.1, -0.05) is 30.3 Å². The van der Waals surface area contributed by atoms with Crippen molar-refractivity contribution in [3.05, 3.63) is 54.6 Å². The molecule has 0 spiro atoms. The van der Waals surface area contributed by atoms with Crippen molar-refractivity contribution >= 4 is 35.6 Å². The largest absolute Gasteiger partial charge is 0.354 e. The minimum absolute atomic E-state index is 0.124. The first-order chi connectivity index (χ1) is 8.79. The summed E-state index contributed by atoms with van der Waals surface area (Å²) in [6.07, 6.45) is 0. The van der Waals surface area contributed by atoms with E-state index in [0.717, 1.165) is 17.1 Å². The number of carbonyl (C=O) groups excluding carboxylic acids is 1. The lowest BCUT2D eigenvalue weighted by atomic mass is 10.2. The van der Waals surface area contributed by atoms with E-state index in [4.69, 9.17) is 0 Å². The Kier molecular flexibility index (Phi) is 4.25. The highest BCUT2D eigenvalue weighted by Gasteiger charge is 2.04. The molecule has 92 valence electrons. The highest BCUT2D eigenvalue weighted by Crippen LogP contribution is 2.24. The molecule has 0 saturated carbocycles. The van der Waals surface area contributed by atoms with Gasteiger partial charge in [0.25, 0.3) is 0 Å². The van der Waals surface area contributed by atoms with Crippen LogP contribution in [0.3, 0.4) is 0 Å². The molecule has 0 aliphatic heterocycles. The molecule has 2 N–H and O–H groups in total. The molecule has 2 rings (SSSR count). The van der Waals surface area contributed by atoms with Crippen molar-refractivity contribution in [3.63, 3.8) is 0 Å². The van der Waals surface area contributed by atoms with Crippen LogP contribution in [0, 0.1) is 0 Å². The van der Waals surface area contributed by atoms with Crippen LogP contribution in [0.5, 0.6) is 0 Å². The fourth-order valence-corrected chi connectivity index (χ4v) is 1.65. The van der Waals surface area contributed by atoms with Crippen molar-refractivity contribution in [1.29, 1.82) is 0 Å². The Bertz CT molecular complexity index is 528. The van der Waals surface area contributed by atoms with Crippen molar-refractivity contribution in [2.75, 3.05) is 16.4 Å². The number of anilines is 3. The Morgan fingerprint density at radius 3 is 2.22 bits per heavy atom. The molecule has 0 bridgehead atoms. The van der Waals surface area contributed by atoms with Crippen LogP contribution in [0.1, 0.15) is 0 Å². The summed E-state index contributed by atoms with van der Waals surface area (Å²) in [6, 6.07) is 17.4. The summed E-state index contributed by atoms with van der Waals surface area (Å²) in [4.78, 5) is 11.4. The number of carbonyl (C=O) groups is 1. The molecule has 0 radical (unpaired) electrons. The summed E-state index contributed by atoms with van der Waals surface area (Å²) < 4.78 is 0. The van der Waals surface area contributed by atoms with Gasteiger partial charge in [-0.15, -0.1) is 0 Å². The van der Waals surface area contributed by atoms with E-state index in [1.807, 2.05) is 54.6 Å². The fraction of sp³-hybridized carbons (Fsp3) is 0.0714. The number of para-hydroxylation sites is 3. The average Bonchev–Trinajstić information content (AvgIpc) is 2.42. The summed E-state index contributed by atoms with van der Waals surface area (Å²) in [5.41, 5.74) is 2.59. The Hall–Kier alpha value is -1.94. The zero-order valence-electron chi connectivity index (χ0n) is 9.76. The first kappa shape index (κ1) is 12.5. The van der Waals surface area contributed by atoms with Gasteiger partial charge in [0.1, 0.15) is 0 Å². The molecule has 3 nitrogen and oxygen atoms in total. The van der Waals surface area contributed by atoms with E-state index in [1.54, 1.807) is 0 Å². The molecule has 0 fully saturated rings. The minimum atomic E-state index is -0.124. The van der Waals surface area contributed by atoms with E-state index in [9.17, 15) is 4.79 Å². The molecule has 0 aliphatic carbocycles. The molecule has 0 aromatic heterocycles. The van der Waals surface area contributed by atoms with Crippen LogP contribution < -0.4 is 10.6 Å². The van der Waals surface area contributed by atoms with E-state index in [0.29, 0.717) is 0 Å². The van der Waals surface area contributed by atoms with Gasteiger partial charge in [-0.2, -0.15) is 12.6 Å². The van der Waals surface area contributed by atoms with E-state index in [-0.39, 0.29) is 11.7 Å². The van der Waals surface area contributed by atoms with Crippen molar-refractivity contribution < 1.29 is 4.79 Å². The highest BCUT2D eigenvalue weighted by atomic mass is 32.1. The monoisotopic (exact) mass is 258 g/mol. The maximum atomic E-state index is 11.4. The summed E-state index contributed by atoms with van der Waals surface area (Å²) in [5, 5.41) is 6.06. The van der Waals surface area contributed by atoms with Crippen molar-refractivity contribution in [2.45, 2.75) is 0 Å². The van der Waals surface area contributed by atoms with Gasteiger partial charge < -0.3 is 10.6 Å². The lowest BCUT2D eigenvalue weighted by Crippen LogP contribution is -2.13. The van der Waals surface area contributed by atoms with Gasteiger partial charge in [0.2, 0.25) is 5.91 Å². The first-order valence-electron chi connectivity index (χ1n) is 5.61. The topological polar surface area (TPSA) is 41.1 Å². The quantitative estimate of drug-likeness (QED) is 0.736. The van der Waals surface area contributed by atoms with Gasteiger partial charge in [-0.05, 0) is 24.3 Å².